The summed E-state index contributed by atoms with van der Waals surface area (Å²) in [6.07, 6.45) is -1.36. The molecule has 0 spiro atoms. The van der Waals surface area contributed by atoms with Crippen LogP contribution in [0.1, 0.15) is 33.3 Å². The first-order chi connectivity index (χ1) is 31.5. The average Bonchev–Trinajstić information content (AvgIpc) is 3.83. The number of carbonyl (C=O) groups excluding carboxylic acids is 1. The second kappa shape index (κ2) is 15.6. The summed E-state index contributed by atoms with van der Waals surface area (Å²) in [4.78, 5) is 16.8. The molecule has 1 atom stereocenters. The minimum absolute atomic E-state index is 0.302. The van der Waals surface area contributed by atoms with Gasteiger partial charge in [-0.05, 0) is 105 Å². The summed E-state index contributed by atoms with van der Waals surface area (Å²) in [7, 11) is 0. The summed E-state index contributed by atoms with van der Waals surface area (Å²) < 4.78 is 2.17. The zero-order valence-electron chi connectivity index (χ0n) is 34.4. The van der Waals surface area contributed by atoms with Crippen LogP contribution in [0.15, 0.2) is 206 Å². The van der Waals surface area contributed by atoms with Gasteiger partial charge in [-0.15, -0.1) is 0 Å². The molecule has 0 saturated carbocycles. The maximum atomic E-state index is 15.3. The van der Waals surface area contributed by atoms with Crippen molar-refractivity contribution in [3.05, 3.63) is 229 Å². The van der Waals surface area contributed by atoms with E-state index in [2.05, 4.69) is 77.4 Å². The van der Waals surface area contributed by atoms with Gasteiger partial charge in [0.1, 0.15) is 0 Å². The predicted molar refractivity (Wildman–Crippen MR) is 256 cm³/mol. The normalized spacial score (nSPS) is 13.2. The molecule has 10 aromatic rings. The molecule has 64 heavy (non-hydrogen) atoms. The molecular weight excluding hydrogens is 785 g/mol. The van der Waals surface area contributed by atoms with Gasteiger partial charge < -0.3 is 9.67 Å². The molecule has 1 N–H and O–H groups in total. The number of rotatable bonds is 7. The van der Waals surface area contributed by atoms with Crippen LogP contribution in [0, 0.1) is 22.7 Å². The summed E-state index contributed by atoms with van der Waals surface area (Å²) in [5.74, 6) is -0.302. The largest absolute Gasteiger partial charge is 0.369 e. The Morgan fingerprint density at radius 3 is 1.33 bits per heavy atom. The number of aromatic nitrogens is 1. The Hall–Kier alpha value is -8.81. The number of aliphatic hydroxyl groups is 1. The Balaban J connectivity index is 1.16. The quantitative estimate of drug-likeness (QED) is 0.173. The molecule has 6 nitrogen and oxygen atoms in total. The Kier molecular flexibility index (Phi) is 9.29. The van der Waals surface area contributed by atoms with E-state index in [4.69, 9.17) is 0 Å². The van der Waals surface area contributed by atoms with Gasteiger partial charge >= 0.3 is 0 Å². The van der Waals surface area contributed by atoms with Crippen molar-refractivity contribution in [2.24, 2.45) is 0 Å². The molecule has 1 aliphatic rings. The van der Waals surface area contributed by atoms with E-state index < -0.39 is 6.23 Å². The van der Waals surface area contributed by atoms with Gasteiger partial charge in [0.05, 0.1) is 45.7 Å². The van der Waals surface area contributed by atoms with Crippen LogP contribution in [0.3, 0.4) is 0 Å². The second-order valence-electron chi connectivity index (χ2n) is 16.0. The van der Waals surface area contributed by atoms with Crippen molar-refractivity contribution in [2.75, 3.05) is 4.90 Å². The van der Waals surface area contributed by atoms with Gasteiger partial charge in [0.2, 0.25) is 0 Å². The number of hydrogen-bond donors (Lipinski definition) is 1. The van der Waals surface area contributed by atoms with Crippen LogP contribution >= 0.6 is 0 Å². The average molecular weight is 821 g/mol. The Labute approximate surface area is 370 Å². The van der Waals surface area contributed by atoms with Crippen LogP contribution in [0.4, 0.5) is 5.69 Å². The van der Waals surface area contributed by atoms with E-state index in [1.807, 2.05) is 146 Å². The lowest BCUT2D eigenvalue weighted by Crippen LogP contribution is -2.29. The molecule has 0 aliphatic carbocycles. The van der Waals surface area contributed by atoms with E-state index >= 15 is 4.79 Å². The SMILES string of the molecule is N#Cc1ccc(-c2ccc3c4ccc(-c5ccc(C#N)cc5)cc4n(-c4cccc5c4C(O)N(c4c(-c6ccccc6)cc(-c6ccccc6)cc4-c4ccccc4)C5=O)c3c2)cc1. The fraction of sp³-hybridized carbons (Fsp3) is 0.0172. The Morgan fingerprint density at radius 2 is 0.859 bits per heavy atom. The molecular formula is C58H36N4O2. The number of anilines is 1. The van der Waals surface area contributed by atoms with Gasteiger partial charge in [0.15, 0.2) is 6.23 Å². The van der Waals surface area contributed by atoms with Crippen molar-refractivity contribution in [3.8, 4) is 73.5 Å². The van der Waals surface area contributed by atoms with Gasteiger partial charge in [0.25, 0.3) is 5.91 Å². The van der Waals surface area contributed by atoms with E-state index in [9.17, 15) is 15.6 Å². The van der Waals surface area contributed by atoms with Crippen molar-refractivity contribution < 1.29 is 9.90 Å². The number of nitrogens with zero attached hydrogens (tertiary/aromatic N) is 4. The van der Waals surface area contributed by atoms with Crippen LogP contribution in [0.5, 0.6) is 0 Å². The third-order valence-electron chi connectivity index (χ3n) is 12.4. The highest BCUT2D eigenvalue weighted by Gasteiger charge is 2.41. The topological polar surface area (TPSA) is 93.0 Å². The molecule has 300 valence electrons. The van der Waals surface area contributed by atoms with Crippen molar-refractivity contribution in [1.29, 1.82) is 10.5 Å². The number of benzene rings is 9. The zero-order valence-corrected chi connectivity index (χ0v) is 34.4. The van der Waals surface area contributed by atoms with Gasteiger partial charge in [-0.1, -0.05) is 146 Å². The van der Waals surface area contributed by atoms with Crippen molar-refractivity contribution in [2.45, 2.75) is 6.23 Å². The number of hydrogen-bond acceptors (Lipinski definition) is 4. The lowest BCUT2D eigenvalue weighted by Gasteiger charge is -2.28. The van der Waals surface area contributed by atoms with Gasteiger partial charge in [-0.2, -0.15) is 10.5 Å². The van der Waals surface area contributed by atoms with E-state index in [0.29, 0.717) is 33.6 Å². The predicted octanol–water partition coefficient (Wildman–Crippen LogP) is 13.5. The molecule has 11 rings (SSSR count). The number of amides is 1. The first-order valence-corrected chi connectivity index (χ1v) is 21.1. The van der Waals surface area contributed by atoms with Crippen LogP contribution in [-0.2, 0) is 0 Å². The molecule has 0 fully saturated rings. The molecule has 1 aromatic heterocycles. The first kappa shape index (κ1) is 38.1. The standard InChI is InChI=1S/C58H36N4O2/c59-35-37-19-23-40(24-20-37)44-27-29-47-48-30-28-45(41-25-21-38(36-60)22-26-41)34-54(48)61(53(47)33-44)52-18-10-17-49-55(52)58(64)62(57(49)63)56-50(42-13-6-2-7-14-42)31-46(39-11-4-1-5-12-39)32-51(56)43-15-8-3-9-16-43/h1-34,58,64H. The number of nitriles is 2. The molecule has 9 aromatic carbocycles. The first-order valence-electron chi connectivity index (χ1n) is 21.1. The highest BCUT2D eigenvalue weighted by molar-refractivity contribution is 6.17. The summed E-state index contributed by atoms with van der Waals surface area (Å²) in [6, 6.07) is 72.5. The molecule has 6 heteroatoms. The zero-order chi connectivity index (χ0) is 43.3. The Bertz CT molecular complexity index is 3350. The lowest BCUT2D eigenvalue weighted by atomic mass is 9.90. The monoisotopic (exact) mass is 820 g/mol. The van der Waals surface area contributed by atoms with Gasteiger partial charge in [-0.3, -0.25) is 9.69 Å². The Morgan fingerprint density at radius 1 is 0.422 bits per heavy atom. The molecule has 1 aliphatic heterocycles. The van der Waals surface area contributed by atoms with Crippen LogP contribution in [-0.4, -0.2) is 15.6 Å². The lowest BCUT2D eigenvalue weighted by molar-refractivity contribution is 0.0935. The van der Waals surface area contributed by atoms with Crippen LogP contribution < -0.4 is 4.90 Å². The molecule has 2 heterocycles. The minimum atomic E-state index is -1.36. The highest BCUT2D eigenvalue weighted by Crippen LogP contribution is 2.50. The van der Waals surface area contributed by atoms with Crippen molar-refractivity contribution in [3.63, 3.8) is 0 Å². The van der Waals surface area contributed by atoms with Crippen LogP contribution in [0.25, 0.3) is 83.1 Å². The third kappa shape index (κ3) is 6.34. The van der Waals surface area contributed by atoms with E-state index in [-0.39, 0.29) is 5.91 Å². The molecule has 1 amide bonds. The summed E-state index contributed by atoms with van der Waals surface area (Å²) in [5.41, 5.74) is 14.5. The molecule has 0 radical (unpaired) electrons. The van der Waals surface area contributed by atoms with E-state index in [1.165, 1.54) is 0 Å². The summed E-state index contributed by atoms with van der Waals surface area (Å²) >= 11 is 0. The van der Waals surface area contributed by atoms with Crippen LogP contribution in [0.2, 0.25) is 0 Å². The number of fused-ring (bicyclic) bond motifs is 4. The smallest absolute Gasteiger partial charge is 0.261 e. The maximum Gasteiger partial charge on any atom is 0.261 e. The van der Waals surface area contributed by atoms with E-state index in [1.54, 1.807) is 4.90 Å². The van der Waals surface area contributed by atoms with Crippen molar-refractivity contribution >= 4 is 33.4 Å². The maximum absolute atomic E-state index is 15.3. The number of carbonyl (C=O) groups is 1. The number of aliphatic hydroxyl groups excluding tert-OH is 1. The van der Waals surface area contributed by atoms with Gasteiger partial charge in [0, 0.05) is 33.0 Å². The highest BCUT2D eigenvalue weighted by atomic mass is 16.3. The minimum Gasteiger partial charge on any atom is -0.369 e. The van der Waals surface area contributed by atoms with Gasteiger partial charge in [-0.25, -0.2) is 0 Å². The fourth-order valence-corrected chi connectivity index (χ4v) is 9.28. The molecule has 1 unspecified atom stereocenters. The summed E-state index contributed by atoms with van der Waals surface area (Å²) in [6.45, 7) is 0. The van der Waals surface area contributed by atoms with Crippen molar-refractivity contribution in [1.82, 2.24) is 4.57 Å². The summed E-state index contributed by atoms with van der Waals surface area (Å²) in [5, 5.41) is 34.0. The third-order valence-corrected chi connectivity index (χ3v) is 12.4. The molecule has 0 saturated heterocycles. The van der Waals surface area contributed by atoms with E-state index in [0.717, 1.165) is 77.4 Å². The molecule has 0 bridgehead atoms. The second-order valence-corrected chi connectivity index (χ2v) is 16.0. The fourth-order valence-electron chi connectivity index (χ4n) is 9.28.